The fourth-order valence-corrected chi connectivity index (χ4v) is 2.59. The lowest BCUT2D eigenvalue weighted by atomic mass is 10.0. The van der Waals surface area contributed by atoms with E-state index in [1.807, 2.05) is 78.9 Å². The third-order valence-corrected chi connectivity index (χ3v) is 4.06. The van der Waals surface area contributed by atoms with Crippen LogP contribution in [0, 0.1) is 0 Å². The molecule has 0 N–H and O–H groups in total. The van der Waals surface area contributed by atoms with Crippen molar-refractivity contribution in [1.82, 2.24) is 0 Å². The van der Waals surface area contributed by atoms with Crippen molar-refractivity contribution in [2.24, 2.45) is 0 Å². The van der Waals surface area contributed by atoms with Crippen molar-refractivity contribution in [2.45, 2.75) is 5.38 Å². The zero-order valence-corrected chi connectivity index (χ0v) is 13.5. The van der Waals surface area contributed by atoms with Crippen LogP contribution in [0.1, 0.15) is 16.5 Å². The molecular weight excluding hydrogens is 308 g/mol. The van der Waals surface area contributed by atoms with E-state index in [-0.39, 0.29) is 5.38 Å². The smallest absolute Gasteiger partial charge is 0.127 e. The predicted octanol–water partition coefficient (Wildman–Crippen LogP) is 5.82. The summed E-state index contributed by atoms with van der Waals surface area (Å²) in [5.74, 6) is 2.43. The Hall–Kier alpha value is -2.45. The summed E-state index contributed by atoms with van der Waals surface area (Å²) in [6.45, 7) is 0. The number of ether oxygens (including phenoxy) is 2. The summed E-state index contributed by atoms with van der Waals surface area (Å²) < 4.78 is 11.0. The minimum atomic E-state index is -0.202. The van der Waals surface area contributed by atoms with Gasteiger partial charge in [0.05, 0.1) is 12.5 Å². The van der Waals surface area contributed by atoms with Gasteiger partial charge in [0.25, 0.3) is 0 Å². The Morgan fingerprint density at radius 2 is 1.13 bits per heavy atom. The van der Waals surface area contributed by atoms with Gasteiger partial charge in [0, 0.05) is 0 Å². The SMILES string of the molecule is COc1ccc(C(Cl)c2ccc(Oc3ccccc3)cc2)cc1. The number of benzene rings is 3. The van der Waals surface area contributed by atoms with Gasteiger partial charge in [-0.1, -0.05) is 42.5 Å². The summed E-state index contributed by atoms with van der Waals surface area (Å²) in [6.07, 6.45) is 0. The fourth-order valence-electron chi connectivity index (χ4n) is 2.29. The zero-order valence-electron chi connectivity index (χ0n) is 12.8. The summed E-state index contributed by atoms with van der Waals surface area (Å²) in [7, 11) is 1.65. The van der Waals surface area contributed by atoms with Crippen molar-refractivity contribution in [2.75, 3.05) is 7.11 Å². The van der Waals surface area contributed by atoms with Crippen LogP contribution in [0.3, 0.4) is 0 Å². The van der Waals surface area contributed by atoms with Gasteiger partial charge in [-0.3, -0.25) is 0 Å². The maximum Gasteiger partial charge on any atom is 0.127 e. The number of hydrogen-bond acceptors (Lipinski definition) is 2. The molecule has 116 valence electrons. The first-order valence-corrected chi connectivity index (χ1v) is 7.81. The molecule has 0 amide bonds. The number of para-hydroxylation sites is 1. The Bertz CT molecular complexity index is 737. The van der Waals surface area contributed by atoms with Gasteiger partial charge in [0.1, 0.15) is 17.2 Å². The highest BCUT2D eigenvalue weighted by molar-refractivity contribution is 6.22. The van der Waals surface area contributed by atoms with E-state index < -0.39 is 0 Å². The Labute approximate surface area is 141 Å². The van der Waals surface area contributed by atoms with Gasteiger partial charge < -0.3 is 9.47 Å². The summed E-state index contributed by atoms with van der Waals surface area (Å²) >= 11 is 6.56. The van der Waals surface area contributed by atoms with Crippen LogP contribution in [0.4, 0.5) is 0 Å². The third-order valence-electron chi connectivity index (χ3n) is 3.56. The normalized spacial score (nSPS) is 11.7. The Balaban J connectivity index is 1.73. The van der Waals surface area contributed by atoms with Crippen molar-refractivity contribution in [3.05, 3.63) is 90.0 Å². The van der Waals surface area contributed by atoms with E-state index in [1.54, 1.807) is 7.11 Å². The first-order chi connectivity index (χ1) is 11.3. The second-order valence-electron chi connectivity index (χ2n) is 5.12. The van der Waals surface area contributed by atoms with E-state index in [0.29, 0.717) is 0 Å². The molecule has 0 radical (unpaired) electrons. The molecule has 0 saturated carbocycles. The predicted molar refractivity (Wildman–Crippen MR) is 93.6 cm³/mol. The molecule has 23 heavy (non-hydrogen) atoms. The lowest BCUT2D eigenvalue weighted by Crippen LogP contribution is -1.94. The number of halogens is 1. The van der Waals surface area contributed by atoms with Crippen molar-refractivity contribution in [3.8, 4) is 17.2 Å². The summed E-state index contributed by atoms with van der Waals surface area (Å²) in [6, 6.07) is 25.3. The molecule has 0 aliphatic heterocycles. The summed E-state index contributed by atoms with van der Waals surface area (Å²) in [4.78, 5) is 0. The van der Waals surface area contributed by atoms with Crippen molar-refractivity contribution in [1.29, 1.82) is 0 Å². The summed E-state index contributed by atoms with van der Waals surface area (Å²) in [5, 5.41) is -0.202. The monoisotopic (exact) mass is 324 g/mol. The molecule has 1 atom stereocenters. The Morgan fingerprint density at radius 1 is 0.652 bits per heavy atom. The van der Waals surface area contributed by atoms with Gasteiger partial charge in [-0.2, -0.15) is 0 Å². The average Bonchev–Trinajstić information content (AvgIpc) is 2.63. The molecule has 0 aliphatic rings. The molecule has 2 nitrogen and oxygen atoms in total. The number of rotatable bonds is 5. The first kappa shape index (κ1) is 15.4. The lowest BCUT2D eigenvalue weighted by molar-refractivity contribution is 0.414. The molecule has 0 fully saturated rings. The van der Waals surface area contributed by atoms with E-state index in [1.165, 1.54) is 0 Å². The molecule has 3 rings (SSSR count). The highest BCUT2D eigenvalue weighted by atomic mass is 35.5. The minimum absolute atomic E-state index is 0.202. The quantitative estimate of drug-likeness (QED) is 0.551. The molecule has 3 aromatic carbocycles. The highest BCUT2D eigenvalue weighted by Crippen LogP contribution is 2.31. The van der Waals surface area contributed by atoms with Crippen LogP contribution in [0.15, 0.2) is 78.9 Å². The molecule has 3 aromatic rings. The van der Waals surface area contributed by atoms with Gasteiger partial charge in [-0.15, -0.1) is 11.6 Å². The van der Waals surface area contributed by atoms with Gasteiger partial charge in [-0.25, -0.2) is 0 Å². The average molecular weight is 325 g/mol. The Morgan fingerprint density at radius 3 is 1.65 bits per heavy atom. The molecule has 0 aliphatic carbocycles. The van der Waals surface area contributed by atoms with E-state index in [2.05, 4.69) is 0 Å². The van der Waals surface area contributed by atoms with Crippen LogP contribution in [0.5, 0.6) is 17.2 Å². The third kappa shape index (κ3) is 3.85. The largest absolute Gasteiger partial charge is 0.497 e. The van der Waals surface area contributed by atoms with Gasteiger partial charge in [0.15, 0.2) is 0 Å². The number of methoxy groups -OCH3 is 1. The molecule has 0 aromatic heterocycles. The highest BCUT2D eigenvalue weighted by Gasteiger charge is 2.11. The number of hydrogen-bond donors (Lipinski definition) is 0. The molecule has 0 heterocycles. The van der Waals surface area contributed by atoms with Gasteiger partial charge in [0.2, 0.25) is 0 Å². The van der Waals surface area contributed by atoms with Crippen molar-refractivity contribution >= 4 is 11.6 Å². The van der Waals surface area contributed by atoms with E-state index in [9.17, 15) is 0 Å². The van der Waals surface area contributed by atoms with Gasteiger partial charge in [-0.05, 0) is 47.5 Å². The van der Waals surface area contributed by atoms with E-state index in [4.69, 9.17) is 21.1 Å². The Kier molecular flexibility index (Phi) is 4.84. The second-order valence-corrected chi connectivity index (χ2v) is 5.56. The maximum absolute atomic E-state index is 6.56. The molecular formula is C20H17ClO2. The maximum atomic E-state index is 6.56. The number of alkyl halides is 1. The first-order valence-electron chi connectivity index (χ1n) is 7.37. The molecule has 1 unspecified atom stereocenters. The van der Waals surface area contributed by atoms with Crippen molar-refractivity contribution < 1.29 is 9.47 Å². The molecule has 0 spiro atoms. The fraction of sp³-hybridized carbons (Fsp3) is 0.100. The van der Waals surface area contributed by atoms with Crippen LogP contribution in [-0.4, -0.2) is 7.11 Å². The zero-order chi connectivity index (χ0) is 16.1. The van der Waals surface area contributed by atoms with Crippen LogP contribution < -0.4 is 9.47 Å². The van der Waals surface area contributed by atoms with Crippen LogP contribution in [0.25, 0.3) is 0 Å². The molecule has 0 bridgehead atoms. The minimum Gasteiger partial charge on any atom is -0.497 e. The summed E-state index contributed by atoms with van der Waals surface area (Å²) in [5.41, 5.74) is 2.06. The van der Waals surface area contributed by atoms with Crippen LogP contribution in [0.2, 0.25) is 0 Å². The van der Waals surface area contributed by atoms with E-state index in [0.717, 1.165) is 28.4 Å². The van der Waals surface area contributed by atoms with E-state index >= 15 is 0 Å². The molecule has 0 saturated heterocycles. The second kappa shape index (κ2) is 7.21. The standard InChI is InChI=1S/C20H17ClO2/c1-22-17-11-7-15(8-12-17)20(21)16-9-13-19(14-10-16)23-18-5-3-2-4-6-18/h2-14,20H,1H3. The van der Waals surface area contributed by atoms with Crippen LogP contribution >= 0.6 is 11.6 Å². The lowest BCUT2D eigenvalue weighted by Gasteiger charge is -2.12. The van der Waals surface area contributed by atoms with Crippen molar-refractivity contribution in [3.63, 3.8) is 0 Å². The van der Waals surface area contributed by atoms with Gasteiger partial charge >= 0.3 is 0 Å². The topological polar surface area (TPSA) is 18.5 Å². The van der Waals surface area contributed by atoms with Crippen LogP contribution in [-0.2, 0) is 0 Å². The molecule has 3 heteroatoms.